The number of hydrogen-bond acceptors (Lipinski definition) is 3. The quantitative estimate of drug-likeness (QED) is 0.374. The van der Waals surface area contributed by atoms with Crippen molar-refractivity contribution in [2.24, 2.45) is 10.9 Å². The van der Waals surface area contributed by atoms with Gasteiger partial charge in [-0.25, -0.2) is 0 Å². The molecule has 0 aliphatic carbocycles. The third kappa shape index (κ3) is 7.28. The number of hydrogen-bond donors (Lipinski definition) is 2. The fourth-order valence-corrected chi connectivity index (χ4v) is 3.52. The summed E-state index contributed by atoms with van der Waals surface area (Å²) in [6, 6.07) is 10.4. The van der Waals surface area contributed by atoms with Crippen LogP contribution < -0.4 is 10.6 Å². The number of benzene rings is 1. The first-order chi connectivity index (χ1) is 12.7. The molecule has 1 atom stereocenters. The molecular weight excluding hydrogens is 344 g/mol. The molecule has 0 saturated carbocycles. The molecule has 2 rings (SSSR count). The number of carbonyl (C=O) groups is 1. The molecule has 1 aromatic carbocycles. The lowest BCUT2D eigenvalue weighted by molar-refractivity contribution is -0.127. The van der Waals surface area contributed by atoms with Crippen molar-refractivity contribution < 1.29 is 4.79 Å². The van der Waals surface area contributed by atoms with Crippen molar-refractivity contribution in [2.45, 2.75) is 26.2 Å². The Kier molecular flexibility index (Phi) is 9.39. The topological polar surface area (TPSA) is 56.7 Å². The molecule has 1 fully saturated rings. The van der Waals surface area contributed by atoms with Gasteiger partial charge in [-0.3, -0.25) is 9.79 Å². The monoisotopic (exact) mass is 376 g/mol. The molecule has 144 valence electrons. The molecule has 0 bridgehead atoms. The van der Waals surface area contributed by atoms with Crippen molar-refractivity contribution in [3.8, 4) is 0 Å². The van der Waals surface area contributed by atoms with Crippen LogP contribution in [0, 0.1) is 5.92 Å². The largest absolute Gasteiger partial charge is 0.357 e. The first kappa shape index (κ1) is 20.6. The minimum Gasteiger partial charge on any atom is -0.357 e. The van der Waals surface area contributed by atoms with Crippen LogP contribution in [0.3, 0.4) is 0 Å². The molecule has 6 heteroatoms. The fourth-order valence-electron chi connectivity index (χ4n) is 3.09. The predicted molar refractivity (Wildman–Crippen MR) is 112 cm³/mol. The van der Waals surface area contributed by atoms with E-state index in [1.807, 2.05) is 34.9 Å². The second-order valence-electron chi connectivity index (χ2n) is 6.64. The summed E-state index contributed by atoms with van der Waals surface area (Å²) < 4.78 is 0. The van der Waals surface area contributed by atoms with Crippen LogP contribution in [0.15, 0.2) is 35.3 Å². The summed E-state index contributed by atoms with van der Waals surface area (Å²) in [4.78, 5) is 18.9. The Bertz CT molecular complexity index is 564. The Hall–Kier alpha value is -1.69. The van der Waals surface area contributed by atoms with E-state index in [-0.39, 0.29) is 5.91 Å². The van der Waals surface area contributed by atoms with Crippen LogP contribution in [0.4, 0.5) is 0 Å². The van der Waals surface area contributed by atoms with E-state index in [0.29, 0.717) is 18.9 Å². The van der Waals surface area contributed by atoms with Crippen molar-refractivity contribution >= 4 is 23.6 Å². The summed E-state index contributed by atoms with van der Waals surface area (Å²) in [5.74, 6) is 2.60. The zero-order valence-corrected chi connectivity index (χ0v) is 16.9. The maximum absolute atomic E-state index is 12.3. The second-order valence-corrected chi connectivity index (χ2v) is 7.62. The smallest absolute Gasteiger partial charge is 0.223 e. The summed E-state index contributed by atoms with van der Waals surface area (Å²) in [6.45, 7) is 6.17. The third-order valence-corrected chi connectivity index (χ3v) is 5.17. The van der Waals surface area contributed by atoms with Crippen molar-refractivity contribution in [1.82, 2.24) is 15.5 Å². The van der Waals surface area contributed by atoms with Crippen LogP contribution in [0.2, 0.25) is 0 Å². The lowest BCUT2D eigenvalue weighted by atomic mass is 10.1. The summed E-state index contributed by atoms with van der Waals surface area (Å²) in [5, 5.41) is 6.66. The molecule has 0 radical (unpaired) electrons. The standard InChI is InChI=1S/C20H32N4OS/c1-3-21-20(22-11-7-13-26-2)23-15-18-14-19(25)24(16-18)12-10-17-8-5-4-6-9-17/h4-6,8-9,18H,3,7,10-16H2,1-2H3,(H2,21,22,23). The van der Waals surface area contributed by atoms with E-state index >= 15 is 0 Å². The number of guanidine groups is 1. The van der Waals surface area contributed by atoms with Gasteiger partial charge in [0.2, 0.25) is 5.91 Å². The molecule has 1 aromatic rings. The van der Waals surface area contributed by atoms with E-state index in [1.165, 1.54) is 5.56 Å². The van der Waals surface area contributed by atoms with Gasteiger partial charge in [-0.1, -0.05) is 30.3 Å². The average Bonchev–Trinajstić information content (AvgIpc) is 3.02. The molecule has 5 nitrogen and oxygen atoms in total. The van der Waals surface area contributed by atoms with E-state index < -0.39 is 0 Å². The Morgan fingerprint density at radius 1 is 1.31 bits per heavy atom. The zero-order valence-electron chi connectivity index (χ0n) is 16.0. The Morgan fingerprint density at radius 2 is 2.12 bits per heavy atom. The van der Waals surface area contributed by atoms with Crippen LogP contribution in [-0.2, 0) is 11.2 Å². The van der Waals surface area contributed by atoms with Gasteiger partial charge in [-0.2, -0.15) is 11.8 Å². The van der Waals surface area contributed by atoms with Gasteiger partial charge in [0.05, 0.1) is 0 Å². The van der Waals surface area contributed by atoms with E-state index in [1.54, 1.807) is 0 Å². The Labute approximate surface area is 162 Å². The van der Waals surface area contributed by atoms with Crippen LogP contribution in [0.1, 0.15) is 25.3 Å². The molecular formula is C20H32N4OS. The van der Waals surface area contributed by atoms with Crippen LogP contribution in [-0.4, -0.2) is 61.5 Å². The first-order valence-corrected chi connectivity index (χ1v) is 10.9. The zero-order chi connectivity index (χ0) is 18.6. The van der Waals surface area contributed by atoms with E-state index in [4.69, 9.17) is 0 Å². The normalized spacial score (nSPS) is 17.6. The highest BCUT2D eigenvalue weighted by Crippen LogP contribution is 2.18. The van der Waals surface area contributed by atoms with Crippen molar-refractivity contribution in [2.75, 3.05) is 44.7 Å². The Balaban J connectivity index is 1.76. The molecule has 0 aromatic heterocycles. The van der Waals surface area contributed by atoms with Crippen LogP contribution in [0.5, 0.6) is 0 Å². The fraction of sp³-hybridized carbons (Fsp3) is 0.600. The third-order valence-electron chi connectivity index (χ3n) is 4.48. The highest BCUT2D eigenvalue weighted by molar-refractivity contribution is 7.98. The number of carbonyl (C=O) groups excluding carboxylic acids is 1. The number of nitrogens with zero attached hydrogens (tertiary/aromatic N) is 2. The van der Waals surface area contributed by atoms with E-state index in [9.17, 15) is 4.79 Å². The molecule has 26 heavy (non-hydrogen) atoms. The number of thioether (sulfide) groups is 1. The minimum atomic E-state index is 0.263. The highest BCUT2D eigenvalue weighted by Gasteiger charge is 2.28. The van der Waals surface area contributed by atoms with Crippen molar-refractivity contribution in [3.05, 3.63) is 35.9 Å². The lowest BCUT2D eigenvalue weighted by Crippen LogP contribution is -2.38. The lowest BCUT2D eigenvalue weighted by Gasteiger charge is -2.16. The van der Waals surface area contributed by atoms with Crippen LogP contribution in [0.25, 0.3) is 0 Å². The molecule has 1 amide bonds. The second kappa shape index (κ2) is 11.8. The van der Waals surface area contributed by atoms with Crippen LogP contribution >= 0.6 is 11.8 Å². The number of likely N-dealkylation sites (tertiary alicyclic amines) is 1. The van der Waals surface area contributed by atoms with Gasteiger partial charge in [0.25, 0.3) is 0 Å². The van der Waals surface area contributed by atoms with Gasteiger partial charge in [-0.15, -0.1) is 0 Å². The van der Waals surface area contributed by atoms with Gasteiger partial charge in [0, 0.05) is 45.1 Å². The first-order valence-electron chi connectivity index (χ1n) is 9.55. The molecule has 1 saturated heterocycles. The minimum absolute atomic E-state index is 0.263. The molecule has 1 unspecified atom stereocenters. The van der Waals surface area contributed by atoms with Gasteiger partial charge < -0.3 is 15.5 Å². The Morgan fingerprint density at radius 3 is 2.85 bits per heavy atom. The van der Waals surface area contributed by atoms with E-state index in [0.717, 1.165) is 50.7 Å². The molecule has 0 spiro atoms. The van der Waals surface area contributed by atoms with Gasteiger partial charge >= 0.3 is 0 Å². The number of aliphatic imine (C=N–C) groups is 1. The maximum atomic E-state index is 12.3. The van der Waals surface area contributed by atoms with Gasteiger partial charge in [0.1, 0.15) is 0 Å². The summed E-state index contributed by atoms with van der Waals surface area (Å²) in [7, 11) is 0. The molecule has 1 aliphatic rings. The van der Waals surface area contributed by atoms with Gasteiger partial charge in [0.15, 0.2) is 5.96 Å². The average molecular weight is 377 g/mol. The summed E-state index contributed by atoms with van der Waals surface area (Å²) >= 11 is 1.86. The number of nitrogens with one attached hydrogen (secondary N) is 2. The molecule has 1 heterocycles. The number of amides is 1. The van der Waals surface area contributed by atoms with Crippen molar-refractivity contribution in [1.29, 1.82) is 0 Å². The van der Waals surface area contributed by atoms with Gasteiger partial charge in [-0.05, 0) is 37.3 Å². The predicted octanol–water partition coefficient (Wildman–Crippen LogP) is 2.39. The summed E-state index contributed by atoms with van der Waals surface area (Å²) in [5.41, 5.74) is 1.28. The molecule has 2 N–H and O–H groups in total. The maximum Gasteiger partial charge on any atom is 0.223 e. The van der Waals surface area contributed by atoms with E-state index in [2.05, 4.69) is 40.9 Å². The summed E-state index contributed by atoms with van der Waals surface area (Å²) in [6.07, 6.45) is 4.78. The SMILES string of the molecule is CCNC(=NCC1CC(=O)N(CCc2ccccc2)C1)NCCCSC. The molecule has 1 aliphatic heterocycles. The van der Waals surface area contributed by atoms with Crippen molar-refractivity contribution in [3.63, 3.8) is 0 Å². The highest BCUT2D eigenvalue weighted by atomic mass is 32.2. The number of rotatable bonds is 10.